The van der Waals surface area contributed by atoms with Crippen LogP contribution in [0, 0.1) is 19.3 Å². The van der Waals surface area contributed by atoms with Crippen LogP contribution in [0.25, 0.3) is 11.3 Å². The van der Waals surface area contributed by atoms with Crippen LogP contribution < -0.4 is 10.5 Å². The number of benzene rings is 1. The molecule has 2 aromatic rings. The molecule has 0 unspecified atom stereocenters. The van der Waals surface area contributed by atoms with Gasteiger partial charge in [-0.25, -0.2) is 4.79 Å². The Morgan fingerprint density at radius 1 is 1.12 bits per heavy atom. The van der Waals surface area contributed by atoms with Crippen LogP contribution in [-0.2, 0) is 9.53 Å². The lowest BCUT2D eigenvalue weighted by Crippen LogP contribution is -2.36. The number of nitrogens with zero attached hydrogens (tertiary/aromatic N) is 2. The highest BCUT2D eigenvalue weighted by atomic mass is 16.6. The number of rotatable bonds is 7. The Kier molecular flexibility index (Phi) is 7.40. The standard InChI is InChI=1S/C24H35N3O5/c1-14-9-15(2)11-17(10-14)19-18(16(3)12-28)20(31-13-24(7,8)21(25)29)26-27(19)22(30)32-23(4,5)6/h9-11,16,28H,12-13H2,1-8H3,(H2,25,29)/t16-/m1/s1. The van der Waals surface area contributed by atoms with Crippen LogP contribution in [0.3, 0.4) is 0 Å². The summed E-state index contributed by atoms with van der Waals surface area (Å²) in [6, 6.07) is 5.91. The number of carbonyl (C=O) groups excluding carboxylic acids is 2. The van der Waals surface area contributed by atoms with E-state index in [1.165, 1.54) is 4.68 Å². The van der Waals surface area contributed by atoms with Gasteiger partial charge in [-0.05, 0) is 60.6 Å². The molecule has 0 fully saturated rings. The Morgan fingerprint density at radius 3 is 2.16 bits per heavy atom. The monoisotopic (exact) mass is 445 g/mol. The highest BCUT2D eigenvalue weighted by Gasteiger charge is 2.32. The van der Waals surface area contributed by atoms with Crippen LogP contribution in [0.2, 0.25) is 0 Å². The van der Waals surface area contributed by atoms with Crippen molar-refractivity contribution in [1.29, 1.82) is 0 Å². The van der Waals surface area contributed by atoms with E-state index in [2.05, 4.69) is 5.10 Å². The van der Waals surface area contributed by atoms with Crippen LogP contribution in [0.5, 0.6) is 5.88 Å². The number of aromatic nitrogens is 2. The molecule has 0 radical (unpaired) electrons. The number of ether oxygens (including phenoxy) is 2. The molecule has 1 atom stereocenters. The molecule has 8 nitrogen and oxygen atoms in total. The summed E-state index contributed by atoms with van der Waals surface area (Å²) in [5.41, 5.74) is 7.61. The van der Waals surface area contributed by atoms with E-state index in [4.69, 9.17) is 15.2 Å². The van der Waals surface area contributed by atoms with Crippen molar-refractivity contribution in [2.45, 2.75) is 66.9 Å². The van der Waals surface area contributed by atoms with Gasteiger partial charge < -0.3 is 20.3 Å². The number of hydrogen-bond donors (Lipinski definition) is 2. The van der Waals surface area contributed by atoms with Crippen molar-refractivity contribution in [2.75, 3.05) is 13.2 Å². The predicted molar refractivity (Wildman–Crippen MR) is 123 cm³/mol. The zero-order chi connectivity index (χ0) is 24.4. The van der Waals surface area contributed by atoms with E-state index in [0.717, 1.165) is 16.7 Å². The minimum Gasteiger partial charge on any atom is -0.475 e. The van der Waals surface area contributed by atoms with Crippen molar-refractivity contribution < 1.29 is 24.2 Å². The molecule has 0 aliphatic heterocycles. The van der Waals surface area contributed by atoms with E-state index in [-0.39, 0.29) is 19.1 Å². The van der Waals surface area contributed by atoms with Crippen molar-refractivity contribution in [1.82, 2.24) is 9.78 Å². The summed E-state index contributed by atoms with van der Waals surface area (Å²) in [5.74, 6) is -0.759. The first-order valence-electron chi connectivity index (χ1n) is 10.6. The van der Waals surface area contributed by atoms with Crippen molar-refractivity contribution >= 4 is 12.0 Å². The minimum atomic E-state index is -0.949. The summed E-state index contributed by atoms with van der Waals surface area (Å²) in [6.07, 6.45) is -0.665. The lowest BCUT2D eigenvalue weighted by Gasteiger charge is -2.21. The molecule has 0 aliphatic rings. The molecule has 0 bridgehead atoms. The van der Waals surface area contributed by atoms with Gasteiger partial charge in [0.15, 0.2) is 0 Å². The number of carbonyl (C=O) groups is 2. The summed E-state index contributed by atoms with van der Waals surface area (Å²) >= 11 is 0. The first-order chi connectivity index (χ1) is 14.7. The highest BCUT2D eigenvalue weighted by Crippen LogP contribution is 2.38. The molecule has 176 valence electrons. The molecular formula is C24H35N3O5. The van der Waals surface area contributed by atoms with E-state index >= 15 is 0 Å². The Balaban J connectivity index is 2.74. The maximum absolute atomic E-state index is 13.1. The van der Waals surface area contributed by atoms with Gasteiger partial charge in [-0.3, -0.25) is 4.79 Å². The topological polar surface area (TPSA) is 117 Å². The van der Waals surface area contributed by atoms with Gasteiger partial charge in [-0.2, -0.15) is 4.68 Å². The number of aryl methyl sites for hydroxylation is 2. The second kappa shape index (κ2) is 9.32. The van der Waals surface area contributed by atoms with Gasteiger partial charge in [0.1, 0.15) is 12.2 Å². The van der Waals surface area contributed by atoms with Crippen LogP contribution in [0.15, 0.2) is 18.2 Å². The summed E-state index contributed by atoms with van der Waals surface area (Å²) < 4.78 is 12.7. The quantitative estimate of drug-likeness (QED) is 0.667. The second-order valence-corrected chi connectivity index (χ2v) is 9.96. The van der Waals surface area contributed by atoms with Crippen molar-refractivity contribution in [3.63, 3.8) is 0 Å². The van der Waals surface area contributed by atoms with Crippen molar-refractivity contribution in [3.8, 4) is 17.1 Å². The fourth-order valence-electron chi connectivity index (χ4n) is 3.20. The first kappa shape index (κ1) is 25.4. The fraction of sp³-hybridized carbons (Fsp3) is 0.542. The van der Waals surface area contributed by atoms with E-state index in [0.29, 0.717) is 11.3 Å². The molecule has 0 aliphatic carbocycles. The minimum absolute atomic E-state index is 0.0366. The largest absolute Gasteiger partial charge is 0.475 e. The van der Waals surface area contributed by atoms with Crippen molar-refractivity contribution in [3.05, 3.63) is 34.9 Å². The van der Waals surface area contributed by atoms with Gasteiger partial charge in [-0.1, -0.05) is 24.1 Å². The molecule has 1 heterocycles. The third-order valence-corrected chi connectivity index (χ3v) is 4.95. The zero-order valence-electron chi connectivity index (χ0n) is 20.3. The number of aliphatic hydroxyl groups is 1. The Labute approximate surface area is 189 Å². The van der Waals surface area contributed by atoms with Crippen LogP contribution in [-0.4, -0.2) is 45.7 Å². The number of primary amides is 1. The molecular weight excluding hydrogens is 410 g/mol. The fourth-order valence-corrected chi connectivity index (χ4v) is 3.20. The zero-order valence-corrected chi connectivity index (χ0v) is 20.3. The summed E-state index contributed by atoms with van der Waals surface area (Å²) in [4.78, 5) is 24.8. The Hall–Kier alpha value is -2.87. The van der Waals surface area contributed by atoms with E-state index < -0.39 is 28.9 Å². The average Bonchev–Trinajstić information content (AvgIpc) is 3.03. The first-order valence-corrected chi connectivity index (χ1v) is 10.6. The van der Waals surface area contributed by atoms with Crippen LogP contribution in [0.4, 0.5) is 4.79 Å². The third kappa shape index (κ3) is 5.88. The van der Waals surface area contributed by atoms with Crippen LogP contribution in [0.1, 0.15) is 64.2 Å². The second-order valence-electron chi connectivity index (χ2n) is 9.96. The van der Waals surface area contributed by atoms with Gasteiger partial charge in [-0.15, -0.1) is 5.10 Å². The molecule has 0 saturated heterocycles. The molecule has 0 saturated carbocycles. The number of nitrogens with two attached hydrogens (primary N) is 1. The third-order valence-electron chi connectivity index (χ3n) is 4.95. The van der Waals surface area contributed by atoms with Gasteiger partial charge in [0.25, 0.3) is 0 Å². The molecule has 1 aromatic carbocycles. The maximum Gasteiger partial charge on any atom is 0.435 e. The number of aliphatic hydroxyl groups excluding tert-OH is 1. The van der Waals surface area contributed by atoms with E-state index in [1.54, 1.807) is 34.6 Å². The molecule has 2 rings (SSSR count). The normalized spacial score (nSPS) is 13.0. The van der Waals surface area contributed by atoms with Gasteiger partial charge in [0.2, 0.25) is 11.8 Å². The summed E-state index contributed by atoms with van der Waals surface area (Å²) in [5, 5.41) is 14.4. The van der Waals surface area contributed by atoms with Gasteiger partial charge >= 0.3 is 6.09 Å². The smallest absolute Gasteiger partial charge is 0.435 e. The van der Waals surface area contributed by atoms with Crippen LogP contribution >= 0.6 is 0 Å². The molecule has 3 N–H and O–H groups in total. The van der Waals surface area contributed by atoms with Crippen molar-refractivity contribution in [2.24, 2.45) is 11.1 Å². The van der Waals surface area contributed by atoms with Gasteiger partial charge in [0.05, 0.1) is 11.1 Å². The predicted octanol–water partition coefficient (Wildman–Crippen LogP) is 3.94. The van der Waals surface area contributed by atoms with Gasteiger partial charge in [0, 0.05) is 23.7 Å². The molecule has 1 amide bonds. The molecule has 8 heteroatoms. The lowest BCUT2D eigenvalue weighted by atomic mass is 9.94. The summed E-state index contributed by atoms with van der Waals surface area (Å²) in [7, 11) is 0. The molecule has 0 spiro atoms. The molecule has 1 aromatic heterocycles. The lowest BCUT2D eigenvalue weighted by molar-refractivity contribution is -0.127. The Bertz CT molecular complexity index is 982. The van der Waals surface area contributed by atoms with E-state index in [9.17, 15) is 14.7 Å². The van der Waals surface area contributed by atoms with E-state index in [1.807, 2.05) is 39.0 Å². The maximum atomic E-state index is 13.1. The summed E-state index contributed by atoms with van der Waals surface area (Å²) in [6.45, 7) is 14.2. The number of amides is 1. The highest BCUT2D eigenvalue weighted by molar-refractivity contribution is 5.81. The number of hydrogen-bond acceptors (Lipinski definition) is 6. The Morgan fingerprint density at radius 2 is 1.69 bits per heavy atom. The average molecular weight is 446 g/mol. The SMILES string of the molecule is Cc1cc(C)cc(-c2c([C@H](C)CO)c(OCC(C)(C)C(N)=O)nn2C(=O)OC(C)(C)C)c1. The molecule has 32 heavy (non-hydrogen) atoms.